The van der Waals surface area contributed by atoms with Crippen molar-refractivity contribution in [2.75, 3.05) is 39.5 Å². The summed E-state index contributed by atoms with van der Waals surface area (Å²) in [6.07, 6.45) is 0.681. The number of hydrogen-bond donors (Lipinski definition) is 1. The van der Waals surface area contributed by atoms with Gasteiger partial charge in [0.2, 0.25) is 5.91 Å². The minimum Gasteiger partial charge on any atom is -0.492 e. The van der Waals surface area contributed by atoms with Crippen molar-refractivity contribution >= 4 is 5.91 Å². The average Bonchev–Trinajstić information content (AvgIpc) is 2.75. The average molecular weight is 384 g/mol. The number of morpholine rings is 1. The molecule has 28 heavy (non-hydrogen) atoms. The van der Waals surface area contributed by atoms with E-state index in [-0.39, 0.29) is 23.7 Å². The highest BCUT2D eigenvalue weighted by atomic mass is 19.1. The van der Waals surface area contributed by atoms with E-state index in [4.69, 9.17) is 9.47 Å². The van der Waals surface area contributed by atoms with Gasteiger partial charge < -0.3 is 14.8 Å². The first-order chi connectivity index (χ1) is 13.7. The Hall–Kier alpha value is -2.44. The van der Waals surface area contributed by atoms with Crippen LogP contribution in [0.3, 0.4) is 0 Å². The van der Waals surface area contributed by atoms with Gasteiger partial charge in [-0.2, -0.15) is 0 Å². The van der Waals surface area contributed by atoms with Gasteiger partial charge in [0.05, 0.1) is 25.2 Å². The molecule has 4 rings (SSSR count). The summed E-state index contributed by atoms with van der Waals surface area (Å²) in [4.78, 5) is 15.1. The van der Waals surface area contributed by atoms with E-state index in [2.05, 4.69) is 10.2 Å². The van der Waals surface area contributed by atoms with Crippen molar-refractivity contribution in [3.05, 3.63) is 65.5 Å². The number of halogens is 1. The van der Waals surface area contributed by atoms with Crippen LogP contribution in [0.2, 0.25) is 0 Å². The maximum atomic E-state index is 13.4. The minimum absolute atomic E-state index is 0.00475. The molecule has 2 aromatic rings. The van der Waals surface area contributed by atoms with Crippen LogP contribution in [0.15, 0.2) is 48.5 Å². The maximum Gasteiger partial charge on any atom is 0.226 e. The van der Waals surface area contributed by atoms with Gasteiger partial charge in [0.1, 0.15) is 18.2 Å². The van der Waals surface area contributed by atoms with Crippen LogP contribution in [0, 0.1) is 11.7 Å². The number of amides is 1. The number of para-hydroxylation sites is 1. The first kappa shape index (κ1) is 18.9. The second-order valence-electron chi connectivity index (χ2n) is 7.28. The second kappa shape index (κ2) is 8.71. The molecule has 0 spiro atoms. The van der Waals surface area contributed by atoms with E-state index in [0.717, 1.165) is 30.0 Å². The number of nitrogens with one attached hydrogen (secondary N) is 1. The summed E-state index contributed by atoms with van der Waals surface area (Å²) in [5.74, 6) is 0.402. The maximum absolute atomic E-state index is 13.4. The van der Waals surface area contributed by atoms with Crippen LogP contribution in [0.5, 0.6) is 5.75 Å². The van der Waals surface area contributed by atoms with Crippen LogP contribution in [-0.4, -0.2) is 50.3 Å². The molecule has 1 N–H and O–H groups in total. The molecule has 0 aliphatic carbocycles. The molecule has 2 aliphatic heterocycles. The molecule has 1 fully saturated rings. The van der Waals surface area contributed by atoms with Gasteiger partial charge in [-0.15, -0.1) is 0 Å². The second-order valence-corrected chi connectivity index (χ2v) is 7.28. The molecule has 2 heterocycles. The Balaban J connectivity index is 1.42. The lowest BCUT2D eigenvalue weighted by molar-refractivity contribution is -0.126. The lowest BCUT2D eigenvalue weighted by Gasteiger charge is -2.35. The molecule has 148 valence electrons. The molecule has 0 aromatic heterocycles. The van der Waals surface area contributed by atoms with Gasteiger partial charge in [0, 0.05) is 19.6 Å². The Labute approximate surface area is 164 Å². The zero-order valence-corrected chi connectivity index (χ0v) is 15.8. The van der Waals surface area contributed by atoms with Crippen molar-refractivity contribution in [3.8, 4) is 5.75 Å². The summed E-state index contributed by atoms with van der Waals surface area (Å²) in [7, 11) is 0. The molecular formula is C22H25FN2O3. The molecule has 0 radical (unpaired) electrons. The van der Waals surface area contributed by atoms with Crippen LogP contribution >= 0.6 is 0 Å². The van der Waals surface area contributed by atoms with Gasteiger partial charge >= 0.3 is 0 Å². The fourth-order valence-electron chi connectivity index (χ4n) is 3.87. The number of fused-ring (bicyclic) bond motifs is 1. The Kier molecular flexibility index (Phi) is 5.88. The van der Waals surface area contributed by atoms with Gasteiger partial charge in [0.15, 0.2) is 0 Å². The number of hydrogen-bond acceptors (Lipinski definition) is 4. The minimum atomic E-state index is -0.258. The zero-order chi connectivity index (χ0) is 19.3. The van der Waals surface area contributed by atoms with E-state index >= 15 is 0 Å². The molecule has 2 atom stereocenters. The molecule has 2 unspecified atom stereocenters. The number of carbonyl (C=O) groups is 1. The molecule has 0 saturated carbocycles. The molecule has 2 aliphatic rings. The van der Waals surface area contributed by atoms with E-state index in [9.17, 15) is 9.18 Å². The predicted molar refractivity (Wildman–Crippen MR) is 104 cm³/mol. The van der Waals surface area contributed by atoms with Crippen molar-refractivity contribution in [2.45, 2.75) is 12.5 Å². The fraction of sp³-hybridized carbons (Fsp3) is 0.409. The number of carbonyl (C=O) groups excluding carboxylic acids is 1. The molecule has 6 heteroatoms. The Morgan fingerprint density at radius 1 is 1.14 bits per heavy atom. The Morgan fingerprint density at radius 2 is 1.89 bits per heavy atom. The number of ether oxygens (including phenoxy) is 2. The topological polar surface area (TPSA) is 50.8 Å². The molecule has 1 saturated heterocycles. The largest absolute Gasteiger partial charge is 0.492 e. The first-order valence-electron chi connectivity index (χ1n) is 9.76. The quantitative estimate of drug-likeness (QED) is 0.861. The number of benzene rings is 2. The zero-order valence-electron chi connectivity index (χ0n) is 15.8. The molecule has 2 aromatic carbocycles. The highest BCUT2D eigenvalue weighted by molar-refractivity contribution is 5.79. The number of nitrogens with zero attached hydrogens (tertiary/aromatic N) is 1. The van der Waals surface area contributed by atoms with Gasteiger partial charge in [0.25, 0.3) is 0 Å². The van der Waals surface area contributed by atoms with Gasteiger partial charge in [-0.1, -0.05) is 30.3 Å². The molecule has 0 bridgehead atoms. The van der Waals surface area contributed by atoms with Crippen molar-refractivity contribution in [1.29, 1.82) is 0 Å². The molecule has 1 amide bonds. The van der Waals surface area contributed by atoms with Crippen molar-refractivity contribution in [2.24, 2.45) is 5.92 Å². The number of rotatable bonds is 5. The van der Waals surface area contributed by atoms with E-state index in [1.165, 1.54) is 12.1 Å². The summed E-state index contributed by atoms with van der Waals surface area (Å²) in [5.41, 5.74) is 2.06. The third-order valence-corrected chi connectivity index (χ3v) is 5.46. The van der Waals surface area contributed by atoms with Crippen LogP contribution in [-0.2, 0) is 16.0 Å². The van der Waals surface area contributed by atoms with E-state index in [1.807, 2.05) is 24.3 Å². The normalized spacial score (nSPS) is 20.7. The summed E-state index contributed by atoms with van der Waals surface area (Å²) in [6, 6.07) is 14.4. The lowest BCUT2D eigenvalue weighted by Crippen LogP contribution is -2.45. The highest BCUT2D eigenvalue weighted by Crippen LogP contribution is 2.27. The van der Waals surface area contributed by atoms with Crippen molar-refractivity contribution in [1.82, 2.24) is 10.2 Å². The fourth-order valence-corrected chi connectivity index (χ4v) is 3.87. The first-order valence-corrected chi connectivity index (χ1v) is 9.76. The highest BCUT2D eigenvalue weighted by Gasteiger charge is 2.28. The summed E-state index contributed by atoms with van der Waals surface area (Å²) < 4.78 is 24.6. The van der Waals surface area contributed by atoms with Gasteiger partial charge in [-0.25, -0.2) is 4.39 Å². The Bertz CT molecular complexity index is 806. The van der Waals surface area contributed by atoms with Crippen LogP contribution < -0.4 is 10.1 Å². The summed E-state index contributed by atoms with van der Waals surface area (Å²) in [5, 5.41) is 3.10. The van der Waals surface area contributed by atoms with Crippen LogP contribution in [0.1, 0.15) is 17.2 Å². The van der Waals surface area contributed by atoms with Gasteiger partial charge in [-0.05, 0) is 35.7 Å². The van der Waals surface area contributed by atoms with Crippen molar-refractivity contribution in [3.63, 3.8) is 0 Å². The smallest absolute Gasteiger partial charge is 0.226 e. The SMILES string of the molecule is O=C(NCC(c1ccc(F)cc1)N1CCOCC1)C1COc2ccccc2C1. The monoisotopic (exact) mass is 384 g/mol. The third kappa shape index (κ3) is 4.34. The Morgan fingerprint density at radius 3 is 2.68 bits per heavy atom. The predicted octanol–water partition coefficient (Wildman–Crippen LogP) is 2.57. The van der Waals surface area contributed by atoms with E-state index in [0.29, 0.717) is 32.8 Å². The van der Waals surface area contributed by atoms with Crippen molar-refractivity contribution < 1.29 is 18.7 Å². The molecular weight excluding hydrogens is 359 g/mol. The summed E-state index contributed by atoms with van der Waals surface area (Å²) in [6.45, 7) is 3.78. The third-order valence-electron chi connectivity index (χ3n) is 5.46. The van der Waals surface area contributed by atoms with Gasteiger partial charge in [-0.3, -0.25) is 9.69 Å². The van der Waals surface area contributed by atoms with E-state index < -0.39 is 0 Å². The molecule has 5 nitrogen and oxygen atoms in total. The van der Waals surface area contributed by atoms with E-state index in [1.54, 1.807) is 12.1 Å². The van der Waals surface area contributed by atoms with Crippen LogP contribution in [0.4, 0.5) is 4.39 Å². The lowest BCUT2D eigenvalue weighted by atomic mass is 9.95. The standard InChI is InChI=1S/C22H25FN2O3/c23-19-7-5-16(6-8-19)20(25-9-11-27-12-10-25)14-24-22(26)18-13-17-3-1-2-4-21(17)28-15-18/h1-8,18,20H,9-15H2,(H,24,26). The van der Waals surface area contributed by atoms with Crippen LogP contribution in [0.25, 0.3) is 0 Å². The summed E-state index contributed by atoms with van der Waals surface area (Å²) >= 11 is 0.